The Hall–Kier alpha value is -0.610. The maximum absolute atomic E-state index is 11.5. The summed E-state index contributed by atoms with van der Waals surface area (Å²) in [5, 5.41) is 14.5. The molecule has 0 heterocycles. The van der Waals surface area contributed by atoms with Gasteiger partial charge in [0.15, 0.2) is 0 Å². The molecule has 1 amide bonds. The Morgan fingerprint density at radius 3 is 2.60 bits per heavy atom. The summed E-state index contributed by atoms with van der Waals surface area (Å²) in [6.45, 7) is 5.59. The number of aliphatic hydroxyl groups is 1. The van der Waals surface area contributed by atoms with E-state index in [2.05, 4.69) is 17.6 Å². The van der Waals surface area contributed by atoms with Crippen LogP contribution in [0.15, 0.2) is 0 Å². The van der Waals surface area contributed by atoms with Crippen molar-refractivity contribution in [3.63, 3.8) is 0 Å². The van der Waals surface area contributed by atoms with Crippen molar-refractivity contribution in [2.45, 2.75) is 45.6 Å². The Labute approximate surface area is 92.4 Å². The van der Waals surface area contributed by atoms with Gasteiger partial charge in [0.25, 0.3) is 0 Å². The van der Waals surface area contributed by atoms with E-state index in [1.54, 1.807) is 0 Å². The minimum Gasteiger partial charge on any atom is -0.396 e. The van der Waals surface area contributed by atoms with E-state index in [9.17, 15) is 4.79 Å². The molecule has 0 spiro atoms. The fraction of sp³-hybridized carbons (Fsp3) is 0.909. The number of unbranched alkanes of at least 4 members (excludes halogenated alkanes) is 2. The number of carbonyl (C=O) groups is 1. The highest BCUT2D eigenvalue weighted by Gasteiger charge is 2.09. The largest absolute Gasteiger partial charge is 0.396 e. The van der Waals surface area contributed by atoms with Crippen molar-refractivity contribution >= 4 is 5.91 Å². The summed E-state index contributed by atoms with van der Waals surface area (Å²) in [5.74, 6) is 0.0454. The van der Waals surface area contributed by atoms with E-state index in [1.807, 2.05) is 6.92 Å². The lowest BCUT2D eigenvalue weighted by Crippen LogP contribution is -2.42. The highest BCUT2D eigenvalue weighted by atomic mass is 16.3. The number of carbonyl (C=O) groups excluding carboxylic acids is 1. The van der Waals surface area contributed by atoms with Crippen LogP contribution < -0.4 is 10.6 Å². The van der Waals surface area contributed by atoms with Crippen molar-refractivity contribution in [2.75, 3.05) is 19.7 Å². The van der Waals surface area contributed by atoms with Crippen molar-refractivity contribution in [2.24, 2.45) is 0 Å². The van der Waals surface area contributed by atoms with Crippen molar-refractivity contribution in [3.8, 4) is 0 Å². The van der Waals surface area contributed by atoms with Gasteiger partial charge in [-0.3, -0.25) is 4.79 Å². The van der Waals surface area contributed by atoms with Gasteiger partial charge in [-0.2, -0.15) is 0 Å². The third-order valence-corrected chi connectivity index (χ3v) is 2.26. The SMILES string of the molecule is CCCCCNC(=O)C(C)NCCCO. The first-order valence-corrected chi connectivity index (χ1v) is 5.84. The maximum atomic E-state index is 11.5. The molecule has 15 heavy (non-hydrogen) atoms. The van der Waals surface area contributed by atoms with Gasteiger partial charge in [0.05, 0.1) is 6.04 Å². The minimum absolute atomic E-state index is 0.0454. The lowest BCUT2D eigenvalue weighted by Gasteiger charge is -2.13. The highest BCUT2D eigenvalue weighted by Crippen LogP contribution is 1.91. The van der Waals surface area contributed by atoms with Gasteiger partial charge in [-0.1, -0.05) is 19.8 Å². The molecule has 0 aromatic heterocycles. The molecule has 0 radical (unpaired) electrons. The minimum atomic E-state index is -0.168. The molecule has 0 aliphatic rings. The first kappa shape index (κ1) is 14.4. The molecule has 0 rings (SSSR count). The zero-order chi connectivity index (χ0) is 11.5. The predicted octanol–water partition coefficient (Wildman–Crippen LogP) is 0.653. The Morgan fingerprint density at radius 1 is 1.27 bits per heavy atom. The molecule has 0 saturated heterocycles. The lowest BCUT2D eigenvalue weighted by atomic mass is 10.2. The third kappa shape index (κ3) is 8.39. The zero-order valence-electron chi connectivity index (χ0n) is 9.88. The molecule has 0 aromatic rings. The van der Waals surface area contributed by atoms with Gasteiger partial charge < -0.3 is 15.7 Å². The Bertz CT molecular complexity index is 163. The van der Waals surface area contributed by atoms with E-state index in [0.717, 1.165) is 19.4 Å². The molecule has 0 saturated carbocycles. The highest BCUT2D eigenvalue weighted by molar-refractivity contribution is 5.81. The van der Waals surface area contributed by atoms with E-state index >= 15 is 0 Å². The van der Waals surface area contributed by atoms with Crippen molar-refractivity contribution in [1.29, 1.82) is 0 Å². The quantitative estimate of drug-likeness (QED) is 0.496. The first-order valence-electron chi connectivity index (χ1n) is 5.84. The van der Waals surface area contributed by atoms with Crippen LogP contribution in [-0.2, 0) is 4.79 Å². The van der Waals surface area contributed by atoms with E-state index in [1.165, 1.54) is 6.42 Å². The van der Waals surface area contributed by atoms with Crippen LogP contribution in [0.3, 0.4) is 0 Å². The topological polar surface area (TPSA) is 61.4 Å². The van der Waals surface area contributed by atoms with Crippen LogP contribution in [0.4, 0.5) is 0 Å². The summed E-state index contributed by atoms with van der Waals surface area (Å²) < 4.78 is 0. The molecule has 0 bridgehead atoms. The van der Waals surface area contributed by atoms with Crippen LogP contribution in [0.5, 0.6) is 0 Å². The molecule has 0 aliphatic heterocycles. The van der Waals surface area contributed by atoms with Crippen molar-refractivity contribution in [3.05, 3.63) is 0 Å². The number of hydrogen-bond acceptors (Lipinski definition) is 3. The lowest BCUT2D eigenvalue weighted by molar-refractivity contribution is -0.122. The molecule has 0 aliphatic carbocycles. The van der Waals surface area contributed by atoms with Crippen LogP contribution in [0.1, 0.15) is 39.5 Å². The summed E-state index contributed by atoms with van der Waals surface area (Å²) in [7, 11) is 0. The van der Waals surface area contributed by atoms with E-state index in [-0.39, 0.29) is 18.6 Å². The average Bonchev–Trinajstić information content (AvgIpc) is 2.24. The van der Waals surface area contributed by atoms with E-state index in [0.29, 0.717) is 13.0 Å². The fourth-order valence-corrected chi connectivity index (χ4v) is 1.23. The first-order chi connectivity index (χ1) is 7.22. The van der Waals surface area contributed by atoms with Crippen LogP contribution in [-0.4, -0.2) is 36.8 Å². The van der Waals surface area contributed by atoms with Crippen LogP contribution in [0.2, 0.25) is 0 Å². The number of nitrogens with one attached hydrogen (secondary N) is 2. The van der Waals surface area contributed by atoms with Gasteiger partial charge in [0.2, 0.25) is 5.91 Å². The molecule has 4 heteroatoms. The summed E-state index contributed by atoms with van der Waals surface area (Å²) in [5.41, 5.74) is 0. The predicted molar refractivity (Wildman–Crippen MR) is 61.7 cm³/mol. The molecule has 3 N–H and O–H groups in total. The van der Waals surface area contributed by atoms with Crippen molar-refractivity contribution < 1.29 is 9.90 Å². The number of amides is 1. The molecule has 0 fully saturated rings. The summed E-state index contributed by atoms with van der Waals surface area (Å²) in [6.07, 6.45) is 4.06. The summed E-state index contributed by atoms with van der Waals surface area (Å²) >= 11 is 0. The fourth-order valence-electron chi connectivity index (χ4n) is 1.23. The average molecular weight is 216 g/mol. The number of aliphatic hydroxyl groups excluding tert-OH is 1. The van der Waals surface area contributed by atoms with Crippen LogP contribution >= 0.6 is 0 Å². The van der Waals surface area contributed by atoms with Crippen LogP contribution in [0.25, 0.3) is 0 Å². The molecule has 4 nitrogen and oxygen atoms in total. The standard InChI is InChI=1S/C11H24N2O2/c1-3-4-5-7-13-11(15)10(2)12-8-6-9-14/h10,12,14H,3-9H2,1-2H3,(H,13,15). The van der Waals surface area contributed by atoms with Crippen molar-refractivity contribution in [1.82, 2.24) is 10.6 Å². The molecule has 1 unspecified atom stereocenters. The molecular weight excluding hydrogens is 192 g/mol. The van der Waals surface area contributed by atoms with E-state index < -0.39 is 0 Å². The second-order valence-corrected chi connectivity index (χ2v) is 3.75. The third-order valence-electron chi connectivity index (χ3n) is 2.26. The second kappa shape index (κ2) is 9.93. The normalized spacial score (nSPS) is 12.5. The van der Waals surface area contributed by atoms with Gasteiger partial charge in [-0.05, 0) is 26.3 Å². The molecule has 0 aromatic carbocycles. The smallest absolute Gasteiger partial charge is 0.236 e. The molecular formula is C11H24N2O2. The monoisotopic (exact) mass is 216 g/mol. The van der Waals surface area contributed by atoms with Crippen LogP contribution in [0, 0.1) is 0 Å². The van der Waals surface area contributed by atoms with Gasteiger partial charge in [-0.15, -0.1) is 0 Å². The van der Waals surface area contributed by atoms with Gasteiger partial charge in [0, 0.05) is 13.2 Å². The number of hydrogen-bond donors (Lipinski definition) is 3. The van der Waals surface area contributed by atoms with Gasteiger partial charge in [0.1, 0.15) is 0 Å². The number of rotatable bonds is 9. The summed E-state index contributed by atoms with van der Waals surface area (Å²) in [6, 6.07) is -0.168. The Morgan fingerprint density at radius 2 is 2.00 bits per heavy atom. The Balaban J connectivity index is 3.42. The molecule has 1 atom stereocenters. The van der Waals surface area contributed by atoms with Gasteiger partial charge >= 0.3 is 0 Å². The molecule has 90 valence electrons. The Kier molecular flexibility index (Phi) is 9.52. The van der Waals surface area contributed by atoms with Gasteiger partial charge in [-0.25, -0.2) is 0 Å². The zero-order valence-corrected chi connectivity index (χ0v) is 9.88. The van der Waals surface area contributed by atoms with E-state index in [4.69, 9.17) is 5.11 Å². The summed E-state index contributed by atoms with van der Waals surface area (Å²) in [4.78, 5) is 11.5. The maximum Gasteiger partial charge on any atom is 0.236 e. The second-order valence-electron chi connectivity index (χ2n) is 3.75.